The monoisotopic (exact) mass is 411 g/mol. The zero-order chi connectivity index (χ0) is 20.5. The molecule has 1 aliphatic rings. The van der Waals surface area contributed by atoms with Crippen LogP contribution in [0.2, 0.25) is 0 Å². The lowest BCUT2D eigenvalue weighted by Crippen LogP contribution is -2.34. The van der Waals surface area contributed by atoms with E-state index in [9.17, 15) is 9.18 Å². The van der Waals surface area contributed by atoms with E-state index in [4.69, 9.17) is 4.74 Å². The Hall–Kier alpha value is -2.47. The Balaban J connectivity index is 2.03. The van der Waals surface area contributed by atoms with Crippen LogP contribution in [0.4, 0.5) is 4.39 Å². The van der Waals surface area contributed by atoms with E-state index in [0.717, 1.165) is 38.4 Å². The van der Waals surface area contributed by atoms with Gasteiger partial charge in [0.05, 0.1) is 19.3 Å². The molecule has 6 heteroatoms. The van der Waals surface area contributed by atoms with Gasteiger partial charge in [0.15, 0.2) is 0 Å². The SMILES string of the molecule is CCN(CC)C(=O)C1Sc2ccc(OC)cc2-c2c1c1ccccc1n2CC[18F]. The molecule has 0 bridgehead atoms. The number of carbonyl (C=O) groups is 1. The highest BCUT2D eigenvalue weighted by Gasteiger charge is 2.37. The van der Waals surface area contributed by atoms with Crippen molar-refractivity contribution < 1.29 is 13.9 Å². The number of methoxy groups -OCH3 is 1. The number of halogens is 1. The van der Waals surface area contributed by atoms with Gasteiger partial charge in [-0.3, -0.25) is 4.79 Å². The predicted octanol–water partition coefficient (Wildman–Crippen LogP) is 5.30. The molecule has 0 radical (unpaired) electrons. The summed E-state index contributed by atoms with van der Waals surface area (Å²) in [4.78, 5) is 16.4. The molecule has 0 spiro atoms. The highest BCUT2D eigenvalue weighted by Crippen LogP contribution is 2.53. The Morgan fingerprint density at radius 3 is 2.66 bits per heavy atom. The van der Waals surface area contributed by atoms with Gasteiger partial charge in [0.2, 0.25) is 5.91 Å². The third kappa shape index (κ3) is 3.19. The molecule has 1 unspecified atom stereocenters. The first-order valence-corrected chi connectivity index (χ1v) is 10.8. The van der Waals surface area contributed by atoms with Crippen LogP contribution in [0, 0.1) is 0 Å². The van der Waals surface area contributed by atoms with Gasteiger partial charge in [0.1, 0.15) is 17.7 Å². The normalized spacial score (nSPS) is 15.1. The fourth-order valence-electron chi connectivity index (χ4n) is 4.19. The second-order valence-electron chi connectivity index (χ2n) is 6.99. The lowest BCUT2D eigenvalue weighted by molar-refractivity contribution is -0.130. The molecular weight excluding hydrogens is 386 g/mol. The van der Waals surface area contributed by atoms with Gasteiger partial charge in [-0.2, -0.15) is 0 Å². The maximum atomic E-state index is 13.5. The maximum absolute atomic E-state index is 13.5. The summed E-state index contributed by atoms with van der Waals surface area (Å²) < 4.78 is 21.0. The fourth-order valence-corrected chi connectivity index (χ4v) is 5.48. The minimum Gasteiger partial charge on any atom is -0.497 e. The molecule has 29 heavy (non-hydrogen) atoms. The van der Waals surface area contributed by atoms with Crippen molar-refractivity contribution in [2.45, 2.75) is 30.5 Å². The van der Waals surface area contributed by atoms with E-state index in [1.165, 1.54) is 0 Å². The summed E-state index contributed by atoms with van der Waals surface area (Å²) in [5, 5.41) is 0.666. The van der Waals surface area contributed by atoms with Crippen LogP contribution >= 0.6 is 11.8 Å². The Bertz CT molecular complexity index is 1060. The van der Waals surface area contributed by atoms with Crippen LogP contribution in [0.25, 0.3) is 22.2 Å². The number of thioether (sulfide) groups is 1. The van der Waals surface area contributed by atoms with E-state index in [1.54, 1.807) is 18.9 Å². The van der Waals surface area contributed by atoms with E-state index < -0.39 is 6.67 Å². The predicted molar refractivity (Wildman–Crippen MR) is 116 cm³/mol. The first-order chi connectivity index (χ1) is 14.1. The van der Waals surface area contributed by atoms with Gasteiger partial charge >= 0.3 is 0 Å². The molecule has 152 valence electrons. The van der Waals surface area contributed by atoms with Gasteiger partial charge < -0.3 is 14.2 Å². The number of benzene rings is 2. The number of ether oxygens (including phenoxy) is 1. The van der Waals surface area contributed by atoms with Crippen molar-refractivity contribution in [3.8, 4) is 17.0 Å². The van der Waals surface area contributed by atoms with Crippen LogP contribution in [0.15, 0.2) is 47.4 Å². The van der Waals surface area contributed by atoms with E-state index >= 15 is 0 Å². The number of nitrogens with zero attached hydrogens (tertiary/aromatic N) is 2. The van der Waals surface area contributed by atoms with Gasteiger partial charge in [0, 0.05) is 40.0 Å². The second-order valence-corrected chi connectivity index (χ2v) is 8.14. The molecule has 4 rings (SSSR count). The molecule has 1 aliphatic heterocycles. The number of carbonyl (C=O) groups excluding carboxylic acids is 1. The Labute approximate surface area is 174 Å². The average Bonchev–Trinajstić information content (AvgIpc) is 3.09. The standard InChI is InChI=1S/C23H25FN2O2S/c1-4-25(5-2)23(27)22-20-16-8-6-7-9-18(16)26(13-12-24)21(20)17-14-15(28-3)10-11-19(17)29-22/h6-11,14,22H,4-5,12-13H2,1-3H3/i24-1. The number of hydrogen-bond donors (Lipinski definition) is 0. The first kappa shape index (κ1) is 19.8. The largest absolute Gasteiger partial charge is 0.497 e. The van der Waals surface area contributed by atoms with Gasteiger partial charge in [-0.15, -0.1) is 11.8 Å². The number of likely N-dealkylation sites (N-methyl/N-ethyl adjacent to an activating group) is 1. The minimum atomic E-state index is -0.466. The van der Waals surface area contributed by atoms with Gasteiger partial charge in [0.25, 0.3) is 0 Å². The Morgan fingerprint density at radius 1 is 1.21 bits per heavy atom. The molecule has 0 saturated carbocycles. The topological polar surface area (TPSA) is 34.5 Å². The lowest BCUT2D eigenvalue weighted by atomic mass is 10.00. The Kier molecular flexibility index (Phi) is 5.54. The number of rotatable bonds is 6. The molecule has 0 N–H and O–H groups in total. The average molecular weight is 412 g/mol. The fraction of sp³-hybridized carbons (Fsp3) is 0.348. The highest BCUT2D eigenvalue weighted by molar-refractivity contribution is 8.00. The van der Waals surface area contributed by atoms with Crippen LogP contribution < -0.4 is 4.74 Å². The third-order valence-electron chi connectivity index (χ3n) is 5.57. The molecule has 0 aliphatic carbocycles. The summed E-state index contributed by atoms with van der Waals surface area (Å²) >= 11 is 1.58. The van der Waals surface area contributed by atoms with Crippen LogP contribution in [-0.4, -0.2) is 42.2 Å². The molecular formula is C23H25FN2O2S. The van der Waals surface area contributed by atoms with E-state index in [1.807, 2.05) is 65.8 Å². The number of aryl methyl sites for hydroxylation is 1. The maximum Gasteiger partial charge on any atom is 0.240 e. The van der Waals surface area contributed by atoms with Crippen LogP contribution in [0.5, 0.6) is 5.75 Å². The quantitative estimate of drug-likeness (QED) is 0.552. The van der Waals surface area contributed by atoms with Crippen molar-refractivity contribution in [2.75, 3.05) is 26.9 Å². The number of para-hydroxylation sites is 1. The second kappa shape index (κ2) is 8.11. The molecule has 1 aromatic heterocycles. The summed E-state index contributed by atoms with van der Waals surface area (Å²) in [6.07, 6.45) is 0. The molecule has 1 atom stereocenters. The third-order valence-corrected chi connectivity index (χ3v) is 6.85. The molecule has 0 saturated heterocycles. The van der Waals surface area contributed by atoms with Crippen molar-refractivity contribution in [3.63, 3.8) is 0 Å². The summed E-state index contributed by atoms with van der Waals surface area (Å²) in [5.41, 5.74) is 3.88. The summed E-state index contributed by atoms with van der Waals surface area (Å²) in [5.74, 6) is 0.853. The van der Waals surface area contributed by atoms with Crippen LogP contribution in [0.1, 0.15) is 24.7 Å². The molecule has 3 aromatic rings. The molecule has 2 aromatic carbocycles. The lowest BCUT2D eigenvalue weighted by Gasteiger charge is -2.30. The van der Waals surface area contributed by atoms with Crippen LogP contribution in [0.3, 0.4) is 0 Å². The zero-order valence-electron chi connectivity index (χ0n) is 16.9. The van der Waals surface area contributed by atoms with Crippen molar-refractivity contribution >= 4 is 28.6 Å². The Morgan fingerprint density at radius 2 is 1.97 bits per heavy atom. The minimum absolute atomic E-state index is 0.103. The zero-order valence-corrected chi connectivity index (χ0v) is 17.8. The van der Waals surface area contributed by atoms with Crippen molar-refractivity contribution in [2.24, 2.45) is 0 Å². The highest BCUT2D eigenvalue weighted by atomic mass is 32.2. The summed E-state index contributed by atoms with van der Waals surface area (Å²) in [6.45, 7) is 5.12. The number of amides is 1. The smallest absolute Gasteiger partial charge is 0.240 e. The first-order valence-electron chi connectivity index (χ1n) is 9.95. The van der Waals surface area contributed by atoms with Gasteiger partial charge in [-0.1, -0.05) is 18.2 Å². The molecule has 0 fully saturated rings. The summed E-state index contributed by atoms with van der Waals surface area (Å²) in [6, 6.07) is 13.9. The van der Waals surface area contributed by atoms with E-state index in [0.29, 0.717) is 13.1 Å². The van der Waals surface area contributed by atoms with Gasteiger partial charge in [-0.25, -0.2) is 4.39 Å². The molecule has 1 amide bonds. The van der Waals surface area contributed by atoms with Crippen molar-refractivity contribution in [1.29, 1.82) is 0 Å². The number of alkyl halides is 1. The summed E-state index contributed by atoms with van der Waals surface area (Å²) in [7, 11) is 1.64. The molecule has 4 nitrogen and oxygen atoms in total. The van der Waals surface area contributed by atoms with E-state index in [2.05, 4.69) is 0 Å². The number of fused-ring (bicyclic) bond motifs is 5. The van der Waals surface area contributed by atoms with Crippen molar-refractivity contribution in [1.82, 2.24) is 9.47 Å². The number of aromatic nitrogens is 1. The van der Waals surface area contributed by atoms with Gasteiger partial charge in [-0.05, 0) is 38.1 Å². The van der Waals surface area contributed by atoms with Crippen molar-refractivity contribution in [3.05, 3.63) is 48.0 Å². The number of hydrogen-bond acceptors (Lipinski definition) is 3. The molecule has 2 heterocycles. The van der Waals surface area contributed by atoms with Crippen LogP contribution in [-0.2, 0) is 11.3 Å². The van der Waals surface area contributed by atoms with E-state index in [-0.39, 0.29) is 17.7 Å².